The van der Waals surface area contributed by atoms with Crippen molar-refractivity contribution in [1.29, 1.82) is 0 Å². The number of rotatable bonds is 7. The summed E-state index contributed by atoms with van der Waals surface area (Å²) in [7, 11) is 0. The second kappa shape index (κ2) is 8.73. The number of nitrogens with zero attached hydrogens (tertiary/aromatic N) is 3. The average molecular weight is 413 g/mol. The van der Waals surface area contributed by atoms with Gasteiger partial charge in [0.15, 0.2) is 5.13 Å². The molecule has 0 spiro atoms. The van der Waals surface area contributed by atoms with Crippen LogP contribution in [0.5, 0.6) is 0 Å². The molecule has 3 amide bonds. The first-order valence-electron chi connectivity index (χ1n) is 9.98. The molecule has 0 unspecified atom stereocenters. The molecule has 0 atom stereocenters. The van der Waals surface area contributed by atoms with Gasteiger partial charge in [0.1, 0.15) is 6.54 Å². The molecule has 29 heavy (non-hydrogen) atoms. The van der Waals surface area contributed by atoms with Crippen molar-refractivity contribution in [2.75, 3.05) is 25.0 Å². The van der Waals surface area contributed by atoms with Crippen LogP contribution in [0.4, 0.5) is 5.13 Å². The minimum atomic E-state index is -0.270. The van der Waals surface area contributed by atoms with Crippen LogP contribution in [0, 0.1) is 0 Å². The number of carbonyl (C=O) groups excluding carboxylic acids is 3. The van der Waals surface area contributed by atoms with Crippen LogP contribution in [-0.4, -0.2) is 58.2 Å². The van der Waals surface area contributed by atoms with Crippen LogP contribution in [0.25, 0.3) is 0 Å². The van der Waals surface area contributed by atoms with Gasteiger partial charge in [0.2, 0.25) is 11.8 Å². The van der Waals surface area contributed by atoms with Gasteiger partial charge < -0.3 is 15.1 Å². The van der Waals surface area contributed by atoms with Crippen molar-refractivity contribution in [1.82, 2.24) is 14.8 Å². The van der Waals surface area contributed by atoms with Crippen molar-refractivity contribution in [3.05, 3.63) is 47.0 Å². The molecule has 2 heterocycles. The third-order valence-corrected chi connectivity index (χ3v) is 5.98. The van der Waals surface area contributed by atoms with E-state index < -0.39 is 0 Å². The fraction of sp³-hybridized carbons (Fsp3) is 0.429. The molecule has 1 N–H and O–H groups in total. The Morgan fingerprint density at radius 2 is 1.86 bits per heavy atom. The van der Waals surface area contributed by atoms with E-state index in [0.29, 0.717) is 16.4 Å². The van der Waals surface area contributed by atoms with Gasteiger partial charge in [-0.3, -0.25) is 14.4 Å². The van der Waals surface area contributed by atoms with E-state index in [1.807, 2.05) is 23.1 Å². The molecule has 152 valence electrons. The molecule has 1 aliphatic carbocycles. The summed E-state index contributed by atoms with van der Waals surface area (Å²) in [4.78, 5) is 45.4. The number of hydrogen-bond donors (Lipinski definition) is 1. The van der Waals surface area contributed by atoms with Crippen molar-refractivity contribution in [2.24, 2.45) is 0 Å². The highest BCUT2D eigenvalue weighted by Gasteiger charge is 2.34. The first kappa shape index (κ1) is 19.6. The number of carbonyl (C=O) groups is 3. The molecule has 8 heteroatoms. The van der Waals surface area contributed by atoms with Crippen LogP contribution in [0.1, 0.15) is 41.7 Å². The van der Waals surface area contributed by atoms with Gasteiger partial charge in [-0.05, 0) is 37.8 Å². The Labute approximate surface area is 173 Å². The zero-order chi connectivity index (χ0) is 20.2. The number of nitrogens with one attached hydrogen (secondary N) is 1. The fourth-order valence-corrected chi connectivity index (χ4v) is 4.22. The van der Waals surface area contributed by atoms with E-state index in [9.17, 15) is 14.4 Å². The largest absolute Gasteiger partial charge is 0.342 e. The summed E-state index contributed by atoms with van der Waals surface area (Å²) >= 11 is 1.30. The first-order chi connectivity index (χ1) is 14.1. The SMILES string of the molecule is O=C(CN(C(=O)c1ccccc1)C1CC1)Nc1nc(CC(=O)N2CCCC2)cs1. The molecule has 1 aromatic carbocycles. The molecular weight excluding hydrogens is 388 g/mol. The van der Waals surface area contributed by atoms with Crippen molar-refractivity contribution >= 4 is 34.2 Å². The predicted octanol–water partition coefficient (Wildman–Crippen LogP) is 2.55. The minimum absolute atomic E-state index is 0.0000158. The van der Waals surface area contributed by atoms with Crippen molar-refractivity contribution in [3.8, 4) is 0 Å². The summed E-state index contributed by atoms with van der Waals surface area (Å²) in [6.07, 6.45) is 4.22. The summed E-state index contributed by atoms with van der Waals surface area (Å²) in [6, 6.07) is 9.15. The van der Waals surface area contributed by atoms with Crippen LogP contribution in [-0.2, 0) is 16.0 Å². The maximum absolute atomic E-state index is 12.8. The van der Waals surface area contributed by atoms with Crippen LogP contribution < -0.4 is 5.32 Å². The zero-order valence-electron chi connectivity index (χ0n) is 16.2. The van der Waals surface area contributed by atoms with Gasteiger partial charge in [-0.25, -0.2) is 4.98 Å². The average Bonchev–Trinajstić information content (AvgIpc) is 3.22. The summed E-state index contributed by atoms with van der Waals surface area (Å²) in [5.41, 5.74) is 1.26. The monoisotopic (exact) mass is 412 g/mol. The summed E-state index contributed by atoms with van der Waals surface area (Å²) < 4.78 is 0. The van der Waals surface area contributed by atoms with Gasteiger partial charge >= 0.3 is 0 Å². The van der Waals surface area contributed by atoms with E-state index in [-0.39, 0.29) is 36.7 Å². The van der Waals surface area contributed by atoms with Gasteiger partial charge in [-0.2, -0.15) is 0 Å². The van der Waals surface area contributed by atoms with Crippen LogP contribution in [0.2, 0.25) is 0 Å². The lowest BCUT2D eigenvalue weighted by Crippen LogP contribution is -2.39. The van der Waals surface area contributed by atoms with Gasteiger partial charge in [-0.1, -0.05) is 18.2 Å². The van der Waals surface area contributed by atoms with Crippen LogP contribution in [0.15, 0.2) is 35.7 Å². The highest BCUT2D eigenvalue weighted by molar-refractivity contribution is 7.13. The second-order valence-electron chi connectivity index (χ2n) is 7.49. The molecule has 1 aromatic heterocycles. The number of aromatic nitrogens is 1. The third-order valence-electron chi connectivity index (χ3n) is 5.17. The van der Waals surface area contributed by atoms with Crippen molar-refractivity contribution < 1.29 is 14.4 Å². The van der Waals surface area contributed by atoms with Crippen molar-refractivity contribution in [2.45, 2.75) is 38.1 Å². The fourth-order valence-electron chi connectivity index (χ4n) is 3.49. The van der Waals surface area contributed by atoms with Crippen molar-refractivity contribution in [3.63, 3.8) is 0 Å². The number of amides is 3. The molecule has 7 nitrogen and oxygen atoms in total. The minimum Gasteiger partial charge on any atom is -0.342 e. The Morgan fingerprint density at radius 1 is 1.14 bits per heavy atom. The zero-order valence-corrected chi connectivity index (χ0v) is 17.0. The topological polar surface area (TPSA) is 82.6 Å². The molecule has 2 aliphatic rings. The normalized spacial score (nSPS) is 15.9. The first-order valence-corrected chi connectivity index (χ1v) is 10.9. The Kier molecular flexibility index (Phi) is 5.89. The second-order valence-corrected chi connectivity index (χ2v) is 8.35. The summed E-state index contributed by atoms with van der Waals surface area (Å²) in [6.45, 7) is 1.64. The molecule has 2 aromatic rings. The van der Waals surface area contributed by atoms with Gasteiger partial charge in [0.25, 0.3) is 5.91 Å². The van der Waals surface area contributed by atoms with E-state index in [4.69, 9.17) is 0 Å². The van der Waals surface area contributed by atoms with E-state index in [1.54, 1.807) is 22.4 Å². The number of anilines is 1. The van der Waals surface area contributed by atoms with E-state index >= 15 is 0 Å². The standard InChI is InChI=1S/C21H24N4O3S/c26-18(13-25(17-8-9-17)20(28)15-6-2-1-3-7-15)23-21-22-16(14-29-21)12-19(27)24-10-4-5-11-24/h1-3,6-7,14,17H,4-5,8-13H2,(H,22,23,26). The lowest BCUT2D eigenvalue weighted by molar-refractivity contribution is -0.129. The number of likely N-dealkylation sites (tertiary alicyclic amines) is 1. The van der Waals surface area contributed by atoms with Crippen LogP contribution in [0.3, 0.4) is 0 Å². The lowest BCUT2D eigenvalue weighted by Gasteiger charge is -2.21. The van der Waals surface area contributed by atoms with Gasteiger partial charge in [-0.15, -0.1) is 11.3 Å². The Morgan fingerprint density at radius 3 is 2.55 bits per heavy atom. The quantitative estimate of drug-likeness (QED) is 0.758. The molecular formula is C21H24N4O3S. The van der Waals surface area contributed by atoms with E-state index in [1.165, 1.54) is 11.3 Å². The van der Waals surface area contributed by atoms with Crippen LogP contribution >= 0.6 is 11.3 Å². The maximum atomic E-state index is 12.8. The van der Waals surface area contributed by atoms with E-state index in [2.05, 4.69) is 10.3 Å². The number of benzene rings is 1. The number of thiazole rings is 1. The molecule has 1 aliphatic heterocycles. The maximum Gasteiger partial charge on any atom is 0.254 e. The molecule has 2 fully saturated rings. The highest BCUT2D eigenvalue weighted by Crippen LogP contribution is 2.28. The highest BCUT2D eigenvalue weighted by atomic mass is 32.1. The predicted molar refractivity (Wildman–Crippen MR) is 111 cm³/mol. The molecule has 0 bridgehead atoms. The summed E-state index contributed by atoms with van der Waals surface area (Å²) in [5.74, 6) is -0.314. The Balaban J connectivity index is 1.33. The lowest BCUT2D eigenvalue weighted by atomic mass is 10.2. The van der Waals surface area contributed by atoms with Gasteiger partial charge in [0.05, 0.1) is 12.1 Å². The molecule has 4 rings (SSSR count). The molecule has 0 radical (unpaired) electrons. The van der Waals surface area contributed by atoms with Gasteiger partial charge in [0, 0.05) is 30.1 Å². The summed E-state index contributed by atoms with van der Waals surface area (Å²) in [5, 5.41) is 5.04. The Hall–Kier alpha value is -2.74. The van der Waals surface area contributed by atoms with E-state index in [0.717, 1.165) is 38.8 Å². The number of hydrogen-bond acceptors (Lipinski definition) is 5. The third kappa shape index (κ3) is 5.00. The molecule has 1 saturated heterocycles. The Bertz CT molecular complexity index is 888. The smallest absolute Gasteiger partial charge is 0.254 e. The molecule has 1 saturated carbocycles.